The van der Waals surface area contributed by atoms with Crippen LogP contribution in [0, 0.1) is 5.41 Å². The van der Waals surface area contributed by atoms with Gasteiger partial charge in [-0.2, -0.15) is 11.8 Å². The smallest absolute Gasteiger partial charge is 0.313 e. The molecule has 0 unspecified atom stereocenters. The summed E-state index contributed by atoms with van der Waals surface area (Å²) in [7, 11) is 0. The third kappa shape index (κ3) is 2.34. The molecule has 0 N–H and O–H groups in total. The molecule has 1 aromatic rings. The SMILES string of the molecule is CC1(C(=O)OCc2ccccc2)CSC1. The van der Waals surface area contributed by atoms with E-state index in [4.69, 9.17) is 4.74 Å². The minimum absolute atomic E-state index is 0.0647. The van der Waals surface area contributed by atoms with Gasteiger partial charge in [0, 0.05) is 11.5 Å². The fourth-order valence-corrected chi connectivity index (χ4v) is 2.48. The molecule has 0 bridgehead atoms. The molecule has 1 aromatic carbocycles. The Morgan fingerprint density at radius 2 is 2.07 bits per heavy atom. The fraction of sp³-hybridized carbons (Fsp3) is 0.417. The van der Waals surface area contributed by atoms with Crippen LogP contribution in [0.3, 0.4) is 0 Å². The van der Waals surface area contributed by atoms with Gasteiger partial charge in [0.1, 0.15) is 6.61 Å². The Bertz CT molecular complexity index is 344. The molecule has 1 aliphatic rings. The van der Waals surface area contributed by atoms with Crippen LogP contribution in [0.15, 0.2) is 30.3 Å². The monoisotopic (exact) mass is 222 g/mol. The molecule has 0 aromatic heterocycles. The van der Waals surface area contributed by atoms with Crippen LogP contribution in [-0.4, -0.2) is 17.5 Å². The van der Waals surface area contributed by atoms with Crippen molar-refractivity contribution in [1.82, 2.24) is 0 Å². The molecule has 2 rings (SSSR count). The molecule has 3 heteroatoms. The first-order valence-electron chi connectivity index (χ1n) is 5.00. The average Bonchev–Trinajstić information content (AvgIpc) is 2.24. The second-order valence-electron chi connectivity index (χ2n) is 4.12. The maximum Gasteiger partial charge on any atom is 0.313 e. The van der Waals surface area contributed by atoms with Crippen LogP contribution in [0.25, 0.3) is 0 Å². The molecule has 1 aliphatic heterocycles. The standard InChI is InChI=1S/C12H14O2S/c1-12(8-15-9-12)11(13)14-7-10-5-3-2-4-6-10/h2-6H,7-9H2,1H3. The summed E-state index contributed by atoms with van der Waals surface area (Å²) in [6, 6.07) is 9.78. The Kier molecular flexibility index (Phi) is 3.00. The van der Waals surface area contributed by atoms with E-state index in [1.54, 1.807) is 11.8 Å². The van der Waals surface area contributed by atoms with Gasteiger partial charge >= 0.3 is 5.97 Å². The fourth-order valence-electron chi connectivity index (χ4n) is 1.42. The van der Waals surface area contributed by atoms with E-state index < -0.39 is 0 Å². The lowest BCUT2D eigenvalue weighted by Crippen LogP contribution is -2.41. The van der Waals surface area contributed by atoms with Crippen molar-refractivity contribution in [1.29, 1.82) is 0 Å². The molecule has 1 heterocycles. The van der Waals surface area contributed by atoms with Crippen molar-refractivity contribution in [2.75, 3.05) is 11.5 Å². The van der Waals surface area contributed by atoms with E-state index >= 15 is 0 Å². The molecule has 80 valence electrons. The van der Waals surface area contributed by atoms with E-state index in [0.29, 0.717) is 6.61 Å². The third-order valence-electron chi connectivity index (χ3n) is 2.55. The highest BCUT2D eigenvalue weighted by atomic mass is 32.2. The molecular formula is C12H14O2S. The van der Waals surface area contributed by atoms with E-state index in [1.807, 2.05) is 37.3 Å². The molecule has 15 heavy (non-hydrogen) atoms. The van der Waals surface area contributed by atoms with Crippen LogP contribution < -0.4 is 0 Å². The summed E-state index contributed by atoms with van der Waals surface area (Å²) >= 11 is 1.79. The average molecular weight is 222 g/mol. The zero-order valence-electron chi connectivity index (χ0n) is 8.73. The van der Waals surface area contributed by atoms with Crippen LogP contribution >= 0.6 is 11.8 Å². The van der Waals surface area contributed by atoms with Gasteiger partial charge in [-0.1, -0.05) is 30.3 Å². The number of hydrogen-bond acceptors (Lipinski definition) is 3. The number of esters is 1. The Labute approximate surface area is 94.0 Å². The predicted octanol–water partition coefficient (Wildman–Crippen LogP) is 2.48. The van der Waals surface area contributed by atoms with Crippen molar-refractivity contribution in [2.45, 2.75) is 13.5 Å². The molecule has 0 radical (unpaired) electrons. The Balaban J connectivity index is 1.86. The van der Waals surface area contributed by atoms with Crippen LogP contribution in [0.2, 0.25) is 0 Å². The summed E-state index contributed by atoms with van der Waals surface area (Å²) in [5.74, 6) is 1.71. The Morgan fingerprint density at radius 3 is 2.60 bits per heavy atom. The second-order valence-corrected chi connectivity index (χ2v) is 5.10. The number of rotatable bonds is 3. The number of thioether (sulfide) groups is 1. The zero-order valence-corrected chi connectivity index (χ0v) is 9.55. The largest absolute Gasteiger partial charge is 0.460 e. The van der Waals surface area contributed by atoms with Gasteiger partial charge in [0.25, 0.3) is 0 Å². The first-order valence-corrected chi connectivity index (χ1v) is 6.15. The van der Waals surface area contributed by atoms with Crippen molar-refractivity contribution >= 4 is 17.7 Å². The quantitative estimate of drug-likeness (QED) is 0.735. The van der Waals surface area contributed by atoms with E-state index in [0.717, 1.165) is 17.1 Å². The first kappa shape index (κ1) is 10.6. The molecule has 0 atom stereocenters. The van der Waals surface area contributed by atoms with Gasteiger partial charge in [0.05, 0.1) is 5.41 Å². The van der Waals surface area contributed by atoms with Crippen LogP contribution in [0.5, 0.6) is 0 Å². The lowest BCUT2D eigenvalue weighted by Gasteiger charge is -2.34. The van der Waals surface area contributed by atoms with Crippen LogP contribution in [-0.2, 0) is 16.1 Å². The van der Waals surface area contributed by atoms with Crippen molar-refractivity contribution in [3.8, 4) is 0 Å². The van der Waals surface area contributed by atoms with Gasteiger partial charge in [-0.25, -0.2) is 0 Å². The number of carbonyl (C=O) groups excluding carboxylic acids is 1. The van der Waals surface area contributed by atoms with Crippen molar-refractivity contribution in [2.24, 2.45) is 5.41 Å². The first-order chi connectivity index (χ1) is 7.21. The highest BCUT2D eigenvalue weighted by Crippen LogP contribution is 2.38. The third-order valence-corrected chi connectivity index (χ3v) is 4.23. The van der Waals surface area contributed by atoms with E-state index in [2.05, 4.69) is 0 Å². The van der Waals surface area contributed by atoms with Gasteiger partial charge in [-0.05, 0) is 12.5 Å². The lowest BCUT2D eigenvalue weighted by atomic mass is 9.95. The Morgan fingerprint density at radius 1 is 1.40 bits per heavy atom. The number of benzene rings is 1. The van der Waals surface area contributed by atoms with Crippen molar-refractivity contribution < 1.29 is 9.53 Å². The molecular weight excluding hydrogens is 208 g/mol. The Hall–Kier alpha value is -0.960. The predicted molar refractivity (Wildman–Crippen MR) is 61.7 cm³/mol. The summed E-state index contributed by atoms with van der Waals surface area (Å²) < 4.78 is 5.28. The van der Waals surface area contributed by atoms with Crippen LogP contribution in [0.4, 0.5) is 0 Å². The highest BCUT2D eigenvalue weighted by Gasteiger charge is 2.41. The van der Waals surface area contributed by atoms with Gasteiger partial charge in [-0.15, -0.1) is 0 Å². The van der Waals surface area contributed by atoms with E-state index in [9.17, 15) is 4.79 Å². The highest BCUT2D eigenvalue weighted by molar-refractivity contribution is 8.00. The second kappa shape index (κ2) is 4.27. The summed E-state index contributed by atoms with van der Waals surface area (Å²) in [6.45, 7) is 2.36. The molecule has 0 amide bonds. The van der Waals surface area contributed by atoms with Gasteiger partial charge in [-0.3, -0.25) is 4.79 Å². The minimum Gasteiger partial charge on any atom is -0.460 e. The minimum atomic E-state index is -0.237. The molecule has 0 saturated carbocycles. The topological polar surface area (TPSA) is 26.3 Å². The molecule has 0 aliphatic carbocycles. The van der Waals surface area contributed by atoms with Crippen LogP contribution in [0.1, 0.15) is 12.5 Å². The summed E-state index contributed by atoms with van der Waals surface area (Å²) in [4.78, 5) is 11.7. The summed E-state index contributed by atoms with van der Waals surface area (Å²) in [5, 5.41) is 0. The lowest BCUT2D eigenvalue weighted by molar-refractivity contribution is -0.154. The van der Waals surface area contributed by atoms with Gasteiger partial charge in [0.2, 0.25) is 0 Å². The number of hydrogen-bond donors (Lipinski definition) is 0. The van der Waals surface area contributed by atoms with Gasteiger partial charge < -0.3 is 4.74 Å². The van der Waals surface area contributed by atoms with Gasteiger partial charge in [0.15, 0.2) is 0 Å². The molecule has 0 spiro atoms. The normalized spacial score (nSPS) is 17.9. The van der Waals surface area contributed by atoms with E-state index in [-0.39, 0.29) is 11.4 Å². The number of carbonyl (C=O) groups is 1. The van der Waals surface area contributed by atoms with Crippen molar-refractivity contribution in [3.63, 3.8) is 0 Å². The summed E-state index contributed by atoms with van der Waals surface area (Å²) in [6.07, 6.45) is 0. The molecule has 1 fully saturated rings. The van der Waals surface area contributed by atoms with Crippen molar-refractivity contribution in [3.05, 3.63) is 35.9 Å². The molecule has 1 saturated heterocycles. The number of ether oxygens (including phenoxy) is 1. The van der Waals surface area contributed by atoms with E-state index in [1.165, 1.54) is 0 Å². The summed E-state index contributed by atoms with van der Waals surface area (Å²) in [5.41, 5.74) is 0.806. The maximum absolute atomic E-state index is 11.7. The molecule has 2 nitrogen and oxygen atoms in total. The zero-order chi connectivity index (χ0) is 10.7. The maximum atomic E-state index is 11.7.